The van der Waals surface area contributed by atoms with Gasteiger partial charge in [-0.3, -0.25) is 4.90 Å². The molecule has 1 aromatic rings. The third-order valence-corrected chi connectivity index (χ3v) is 4.83. The minimum atomic E-state index is 0.278. The van der Waals surface area contributed by atoms with E-state index in [4.69, 9.17) is 4.74 Å². The molecule has 5 heteroatoms. The number of pyridine rings is 1. The highest BCUT2D eigenvalue weighted by Gasteiger charge is 2.31. The second-order valence-corrected chi connectivity index (χ2v) is 6.25. The number of nitrogens with zero attached hydrogens (tertiary/aromatic N) is 2. The summed E-state index contributed by atoms with van der Waals surface area (Å²) >= 11 is 3.47. The van der Waals surface area contributed by atoms with Gasteiger partial charge >= 0.3 is 0 Å². The first-order valence-electron chi connectivity index (χ1n) is 6.95. The maximum Gasteiger partial charge on any atom is 0.126 e. The summed E-state index contributed by atoms with van der Waals surface area (Å²) in [5, 5.41) is 3.38. The molecule has 0 saturated carbocycles. The van der Waals surface area contributed by atoms with Crippen molar-refractivity contribution in [3.63, 3.8) is 0 Å². The molecule has 3 heterocycles. The Morgan fingerprint density at radius 2 is 2.42 bits per heavy atom. The summed E-state index contributed by atoms with van der Waals surface area (Å²) in [5.74, 6) is 0.924. The lowest BCUT2D eigenvalue weighted by Gasteiger charge is -2.35. The lowest BCUT2D eigenvalue weighted by atomic mass is 10.2. The molecule has 0 aliphatic carbocycles. The minimum absolute atomic E-state index is 0.278. The zero-order chi connectivity index (χ0) is 13.2. The molecule has 0 aromatic carbocycles. The van der Waals surface area contributed by atoms with E-state index >= 15 is 0 Å². The van der Waals surface area contributed by atoms with Crippen LogP contribution >= 0.6 is 15.9 Å². The molecule has 0 spiro atoms. The predicted octanol–water partition coefficient (Wildman–Crippen LogP) is 2.43. The van der Waals surface area contributed by atoms with Gasteiger partial charge in [-0.05, 0) is 54.4 Å². The first kappa shape index (κ1) is 13.3. The van der Waals surface area contributed by atoms with Crippen LogP contribution in [0, 0.1) is 6.92 Å². The van der Waals surface area contributed by atoms with Gasteiger partial charge in [-0.1, -0.05) is 0 Å². The quantitative estimate of drug-likeness (QED) is 0.926. The molecule has 3 rings (SSSR count). The van der Waals surface area contributed by atoms with E-state index in [0.717, 1.165) is 35.7 Å². The molecule has 2 saturated heterocycles. The molecule has 2 aliphatic heterocycles. The first-order valence-corrected chi connectivity index (χ1v) is 7.74. The third kappa shape index (κ3) is 3.09. The summed E-state index contributed by atoms with van der Waals surface area (Å²) < 4.78 is 6.97. The number of nitrogens with one attached hydrogen (secondary N) is 1. The fraction of sp³-hybridized carbons (Fsp3) is 0.643. The van der Waals surface area contributed by atoms with Gasteiger partial charge in [0.2, 0.25) is 0 Å². The van der Waals surface area contributed by atoms with Crippen molar-refractivity contribution < 1.29 is 4.74 Å². The molecule has 2 aliphatic rings. The predicted molar refractivity (Wildman–Crippen MR) is 79.5 cm³/mol. The number of aryl methyl sites for hydroxylation is 1. The molecule has 104 valence electrons. The molecule has 2 fully saturated rings. The first-order chi connectivity index (χ1) is 9.22. The van der Waals surface area contributed by atoms with Gasteiger partial charge in [-0.15, -0.1) is 0 Å². The highest BCUT2D eigenvalue weighted by Crippen LogP contribution is 2.23. The number of hydrogen-bond acceptors (Lipinski definition) is 4. The third-order valence-electron chi connectivity index (χ3n) is 3.99. The molecular formula is C14H20BrN3O. The summed E-state index contributed by atoms with van der Waals surface area (Å²) in [6, 6.07) is 4.70. The van der Waals surface area contributed by atoms with Gasteiger partial charge in [0.15, 0.2) is 0 Å². The van der Waals surface area contributed by atoms with E-state index in [1.807, 2.05) is 19.1 Å². The Balaban J connectivity index is 1.53. The average molecular weight is 326 g/mol. The molecule has 0 amide bonds. The largest absolute Gasteiger partial charge is 0.373 e. The SMILES string of the molecule is Cc1nc(NCC2CN3CCCC3CO2)ccc1Br. The van der Waals surface area contributed by atoms with Crippen molar-refractivity contribution in [2.45, 2.75) is 31.9 Å². The van der Waals surface area contributed by atoms with Crippen LogP contribution in [0.5, 0.6) is 0 Å². The molecule has 4 nitrogen and oxygen atoms in total. The van der Waals surface area contributed by atoms with Crippen LogP contribution in [-0.2, 0) is 4.74 Å². The molecule has 2 atom stereocenters. The van der Waals surface area contributed by atoms with E-state index in [1.165, 1.54) is 19.4 Å². The maximum atomic E-state index is 5.93. The van der Waals surface area contributed by atoms with Crippen molar-refractivity contribution in [1.82, 2.24) is 9.88 Å². The fourth-order valence-corrected chi connectivity index (χ4v) is 3.09. The number of fused-ring (bicyclic) bond motifs is 1. The van der Waals surface area contributed by atoms with Crippen molar-refractivity contribution in [1.29, 1.82) is 0 Å². The van der Waals surface area contributed by atoms with Crippen molar-refractivity contribution in [3.8, 4) is 0 Å². The second kappa shape index (κ2) is 5.77. The van der Waals surface area contributed by atoms with E-state index in [1.54, 1.807) is 0 Å². The number of ether oxygens (including phenoxy) is 1. The summed E-state index contributed by atoms with van der Waals surface area (Å²) in [7, 11) is 0. The molecule has 0 radical (unpaired) electrons. The Kier molecular flexibility index (Phi) is 4.05. The lowest BCUT2D eigenvalue weighted by Crippen LogP contribution is -2.48. The van der Waals surface area contributed by atoms with Gasteiger partial charge in [0.05, 0.1) is 18.4 Å². The molecule has 0 bridgehead atoms. The van der Waals surface area contributed by atoms with E-state index < -0.39 is 0 Å². The average Bonchev–Trinajstić information content (AvgIpc) is 2.87. The smallest absolute Gasteiger partial charge is 0.126 e. The van der Waals surface area contributed by atoms with Gasteiger partial charge in [-0.25, -0.2) is 4.98 Å². The number of rotatable bonds is 3. The van der Waals surface area contributed by atoms with Gasteiger partial charge in [-0.2, -0.15) is 0 Å². The standard InChI is InChI=1S/C14H20BrN3O/c1-10-13(15)4-5-14(17-10)16-7-12-8-18-6-2-3-11(18)9-19-12/h4-5,11-12H,2-3,6-9H2,1H3,(H,16,17). The van der Waals surface area contributed by atoms with Crippen molar-refractivity contribution in [3.05, 3.63) is 22.3 Å². The molecule has 2 unspecified atom stereocenters. The molecule has 1 aromatic heterocycles. The fourth-order valence-electron chi connectivity index (χ4n) is 2.87. The van der Waals surface area contributed by atoms with E-state index in [2.05, 4.69) is 31.1 Å². The Hall–Kier alpha value is -0.650. The van der Waals surface area contributed by atoms with Crippen molar-refractivity contribution >= 4 is 21.7 Å². The summed E-state index contributed by atoms with van der Waals surface area (Å²) in [5.41, 5.74) is 1.01. The molecular weight excluding hydrogens is 306 g/mol. The summed E-state index contributed by atoms with van der Waals surface area (Å²) in [4.78, 5) is 7.06. The normalized spacial score (nSPS) is 27.3. The Morgan fingerprint density at radius 3 is 3.26 bits per heavy atom. The number of aromatic nitrogens is 1. The topological polar surface area (TPSA) is 37.4 Å². The van der Waals surface area contributed by atoms with Crippen LogP contribution < -0.4 is 5.32 Å². The van der Waals surface area contributed by atoms with Crippen LogP contribution in [-0.4, -0.2) is 48.3 Å². The van der Waals surface area contributed by atoms with Crippen LogP contribution in [0.1, 0.15) is 18.5 Å². The van der Waals surface area contributed by atoms with Gasteiger partial charge in [0, 0.05) is 23.6 Å². The number of hydrogen-bond donors (Lipinski definition) is 1. The zero-order valence-electron chi connectivity index (χ0n) is 11.2. The summed E-state index contributed by atoms with van der Waals surface area (Å²) in [6.45, 7) is 6.00. The van der Waals surface area contributed by atoms with Gasteiger partial charge in [0.25, 0.3) is 0 Å². The minimum Gasteiger partial charge on any atom is -0.373 e. The van der Waals surface area contributed by atoms with Gasteiger partial charge in [0.1, 0.15) is 5.82 Å². The Morgan fingerprint density at radius 1 is 1.53 bits per heavy atom. The molecule has 19 heavy (non-hydrogen) atoms. The highest BCUT2D eigenvalue weighted by molar-refractivity contribution is 9.10. The Bertz CT molecular complexity index is 454. The second-order valence-electron chi connectivity index (χ2n) is 5.39. The number of morpholine rings is 1. The van der Waals surface area contributed by atoms with Gasteiger partial charge < -0.3 is 10.1 Å². The monoisotopic (exact) mass is 325 g/mol. The summed E-state index contributed by atoms with van der Waals surface area (Å²) in [6.07, 6.45) is 2.90. The highest BCUT2D eigenvalue weighted by atomic mass is 79.9. The number of halogens is 1. The van der Waals surface area contributed by atoms with Crippen LogP contribution in [0.3, 0.4) is 0 Å². The van der Waals surface area contributed by atoms with Crippen molar-refractivity contribution in [2.24, 2.45) is 0 Å². The zero-order valence-corrected chi connectivity index (χ0v) is 12.8. The molecule has 1 N–H and O–H groups in total. The van der Waals surface area contributed by atoms with Crippen LogP contribution in [0.25, 0.3) is 0 Å². The maximum absolute atomic E-state index is 5.93. The van der Waals surface area contributed by atoms with Crippen LogP contribution in [0.15, 0.2) is 16.6 Å². The lowest BCUT2D eigenvalue weighted by molar-refractivity contribution is -0.0416. The van der Waals surface area contributed by atoms with Crippen molar-refractivity contribution in [2.75, 3.05) is 31.6 Å². The Labute approximate surface area is 122 Å². The number of anilines is 1. The van der Waals surface area contributed by atoms with E-state index in [-0.39, 0.29) is 6.10 Å². The van der Waals surface area contributed by atoms with E-state index in [0.29, 0.717) is 6.04 Å². The van der Waals surface area contributed by atoms with E-state index in [9.17, 15) is 0 Å². The van der Waals surface area contributed by atoms with Crippen LogP contribution in [0.4, 0.5) is 5.82 Å². The van der Waals surface area contributed by atoms with Crippen LogP contribution in [0.2, 0.25) is 0 Å².